The third-order valence-electron chi connectivity index (χ3n) is 2.29. The Hall–Kier alpha value is -0.500. The fourth-order valence-electron chi connectivity index (χ4n) is 1.36. The molecule has 0 heterocycles. The largest absolute Gasteiger partial charge is 0.324 e. The number of nitrogens with two attached hydrogens (primary N) is 1. The first-order chi connectivity index (χ1) is 6.65. The van der Waals surface area contributed by atoms with Gasteiger partial charge in [0, 0.05) is 11.1 Å². The molecule has 0 bridgehead atoms. The molecule has 2 N–H and O–H groups in total. The SMILES string of the molecule is C=CCC[C@H](N)c1ccc(Cl)c(C)c1.Cl. The quantitative estimate of drug-likeness (QED) is 0.797. The molecule has 0 amide bonds. The summed E-state index contributed by atoms with van der Waals surface area (Å²) in [7, 11) is 0. The van der Waals surface area contributed by atoms with Crippen LogP contribution < -0.4 is 5.73 Å². The van der Waals surface area contributed by atoms with Gasteiger partial charge in [-0.05, 0) is 37.0 Å². The number of halogens is 2. The maximum Gasteiger partial charge on any atom is 0.0435 e. The highest BCUT2D eigenvalue weighted by Gasteiger charge is 2.05. The van der Waals surface area contributed by atoms with E-state index in [4.69, 9.17) is 17.3 Å². The summed E-state index contributed by atoms with van der Waals surface area (Å²) in [5.41, 5.74) is 8.24. The Labute approximate surface area is 103 Å². The molecule has 1 nitrogen and oxygen atoms in total. The molecule has 0 fully saturated rings. The molecule has 15 heavy (non-hydrogen) atoms. The normalized spacial score (nSPS) is 11.7. The maximum absolute atomic E-state index is 6.01. The first kappa shape index (κ1) is 14.5. The van der Waals surface area contributed by atoms with Crippen molar-refractivity contribution in [2.75, 3.05) is 0 Å². The Kier molecular flexibility index (Phi) is 6.66. The Morgan fingerprint density at radius 2 is 2.20 bits per heavy atom. The summed E-state index contributed by atoms with van der Waals surface area (Å²) in [4.78, 5) is 0. The summed E-state index contributed by atoms with van der Waals surface area (Å²) in [5, 5.41) is 0.796. The van der Waals surface area contributed by atoms with Gasteiger partial charge in [-0.2, -0.15) is 0 Å². The van der Waals surface area contributed by atoms with Crippen molar-refractivity contribution in [3.05, 3.63) is 47.0 Å². The molecule has 0 spiro atoms. The Bertz CT molecular complexity index is 323. The van der Waals surface area contributed by atoms with Crippen LogP contribution in [0.4, 0.5) is 0 Å². The minimum absolute atomic E-state index is 0. The Balaban J connectivity index is 0.00000196. The van der Waals surface area contributed by atoms with Crippen molar-refractivity contribution in [3.63, 3.8) is 0 Å². The van der Waals surface area contributed by atoms with Crippen molar-refractivity contribution in [2.45, 2.75) is 25.8 Å². The van der Waals surface area contributed by atoms with Gasteiger partial charge in [-0.1, -0.05) is 29.8 Å². The van der Waals surface area contributed by atoms with Crippen molar-refractivity contribution >= 4 is 24.0 Å². The Morgan fingerprint density at radius 3 is 2.73 bits per heavy atom. The standard InChI is InChI=1S/C12H16ClN.ClH/c1-3-4-5-12(14)10-6-7-11(13)9(2)8-10;/h3,6-8,12H,1,4-5,14H2,2H3;1H/t12-;/m0./s1. The maximum atomic E-state index is 6.01. The number of rotatable bonds is 4. The number of hydrogen-bond acceptors (Lipinski definition) is 1. The van der Waals surface area contributed by atoms with E-state index in [1.54, 1.807) is 0 Å². The first-order valence-corrected chi connectivity index (χ1v) is 5.15. The highest BCUT2D eigenvalue weighted by molar-refractivity contribution is 6.31. The second-order valence-corrected chi connectivity index (χ2v) is 3.89. The summed E-state index contributed by atoms with van der Waals surface area (Å²) in [6.45, 7) is 5.67. The van der Waals surface area contributed by atoms with Crippen LogP contribution in [0.15, 0.2) is 30.9 Å². The van der Waals surface area contributed by atoms with Gasteiger partial charge in [-0.3, -0.25) is 0 Å². The lowest BCUT2D eigenvalue weighted by molar-refractivity contribution is 0.661. The van der Waals surface area contributed by atoms with Crippen LogP contribution in [0, 0.1) is 6.92 Å². The lowest BCUT2D eigenvalue weighted by Gasteiger charge is -2.11. The fourth-order valence-corrected chi connectivity index (χ4v) is 1.48. The molecule has 0 saturated heterocycles. The molecule has 84 valence electrons. The van der Waals surface area contributed by atoms with Crippen LogP contribution in [0.5, 0.6) is 0 Å². The van der Waals surface area contributed by atoms with Crippen LogP contribution in [-0.2, 0) is 0 Å². The number of aryl methyl sites for hydroxylation is 1. The second kappa shape index (κ2) is 6.89. The molecular weight excluding hydrogens is 229 g/mol. The van der Waals surface area contributed by atoms with Gasteiger partial charge in [0.25, 0.3) is 0 Å². The highest BCUT2D eigenvalue weighted by Crippen LogP contribution is 2.22. The van der Waals surface area contributed by atoms with Crippen LogP contribution in [0.3, 0.4) is 0 Å². The zero-order valence-corrected chi connectivity index (χ0v) is 10.4. The van der Waals surface area contributed by atoms with Crippen molar-refractivity contribution < 1.29 is 0 Å². The Morgan fingerprint density at radius 1 is 1.53 bits per heavy atom. The van der Waals surface area contributed by atoms with E-state index in [1.807, 2.05) is 25.1 Å². The lowest BCUT2D eigenvalue weighted by atomic mass is 10.0. The molecule has 0 aliphatic rings. The average molecular weight is 246 g/mol. The molecule has 0 unspecified atom stereocenters. The predicted octanol–water partition coefficient (Wildman–Crippen LogP) is 4.04. The lowest BCUT2D eigenvalue weighted by Crippen LogP contribution is -2.09. The van der Waals surface area contributed by atoms with Gasteiger partial charge in [0.2, 0.25) is 0 Å². The van der Waals surface area contributed by atoms with E-state index in [2.05, 4.69) is 12.6 Å². The van der Waals surface area contributed by atoms with E-state index in [9.17, 15) is 0 Å². The van der Waals surface area contributed by atoms with E-state index in [-0.39, 0.29) is 18.4 Å². The molecular formula is C12H17Cl2N. The van der Waals surface area contributed by atoms with Gasteiger partial charge in [0.15, 0.2) is 0 Å². The van der Waals surface area contributed by atoms with E-state index < -0.39 is 0 Å². The molecule has 0 radical (unpaired) electrons. The van der Waals surface area contributed by atoms with E-state index in [0.717, 1.165) is 29.0 Å². The third kappa shape index (κ3) is 4.25. The van der Waals surface area contributed by atoms with Gasteiger partial charge in [0.1, 0.15) is 0 Å². The molecule has 0 aromatic heterocycles. The predicted molar refractivity (Wildman–Crippen MR) is 69.8 cm³/mol. The zero-order valence-electron chi connectivity index (χ0n) is 8.87. The molecule has 1 rings (SSSR count). The minimum atomic E-state index is 0. The molecule has 1 aromatic carbocycles. The van der Waals surface area contributed by atoms with Gasteiger partial charge in [-0.25, -0.2) is 0 Å². The van der Waals surface area contributed by atoms with Crippen molar-refractivity contribution in [3.8, 4) is 0 Å². The highest BCUT2D eigenvalue weighted by atomic mass is 35.5. The van der Waals surface area contributed by atoms with Gasteiger partial charge in [-0.15, -0.1) is 19.0 Å². The first-order valence-electron chi connectivity index (χ1n) is 4.77. The second-order valence-electron chi connectivity index (χ2n) is 3.48. The summed E-state index contributed by atoms with van der Waals surface area (Å²) in [5.74, 6) is 0. The van der Waals surface area contributed by atoms with Gasteiger partial charge in [0.05, 0.1) is 0 Å². The fraction of sp³-hybridized carbons (Fsp3) is 0.333. The number of benzene rings is 1. The number of hydrogen-bond donors (Lipinski definition) is 1. The smallest absolute Gasteiger partial charge is 0.0435 e. The van der Waals surface area contributed by atoms with Gasteiger partial charge < -0.3 is 5.73 Å². The molecule has 0 aliphatic heterocycles. The monoisotopic (exact) mass is 245 g/mol. The van der Waals surface area contributed by atoms with Crippen molar-refractivity contribution in [1.82, 2.24) is 0 Å². The molecule has 0 saturated carbocycles. The third-order valence-corrected chi connectivity index (χ3v) is 2.72. The van der Waals surface area contributed by atoms with Crippen LogP contribution in [0.25, 0.3) is 0 Å². The summed E-state index contributed by atoms with van der Waals surface area (Å²) < 4.78 is 0. The topological polar surface area (TPSA) is 26.0 Å². The molecule has 1 atom stereocenters. The molecule has 1 aromatic rings. The van der Waals surface area contributed by atoms with Crippen LogP contribution in [0.1, 0.15) is 30.0 Å². The van der Waals surface area contributed by atoms with Crippen LogP contribution in [0.2, 0.25) is 5.02 Å². The van der Waals surface area contributed by atoms with Gasteiger partial charge >= 0.3 is 0 Å². The summed E-state index contributed by atoms with van der Waals surface area (Å²) >= 11 is 5.93. The van der Waals surface area contributed by atoms with E-state index >= 15 is 0 Å². The van der Waals surface area contributed by atoms with Crippen LogP contribution >= 0.6 is 24.0 Å². The van der Waals surface area contributed by atoms with E-state index in [1.165, 1.54) is 0 Å². The van der Waals surface area contributed by atoms with E-state index in [0.29, 0.717) is 0 Å². The molecule has 0 aliphatic carbocycles. The summed E-state index contributed by atoms with van der Waals surface area (Å²) in [6.07, 6.45) is 3.77. The van der Waals surface area contributed by atoms with Crippen LogP contribution in [-0.4, -0.2) is 0 Å². The minimum Gasteiger partial charge on any atom is -0.324 e. The zero-order chi connectivity index (χ0) is 10.6. The molecule has 3 heteroatoms. The average Bonchev–Trinajstić information content (AvgIpc) is 2.18. The number of allylic oxidation sites excluding steroid dienone is 1. The van der Waals surface area contributed by atoms with Crippen molar-refractivity contribution in [2.24, 2.45) is 5.73 Å². The van der Waals surface area contributed by atoms with Crippen molar-refractivity contribution in [1.29, 1.82) is 0 Å². The summed E-state index contributed by atoms with van der Waals surface area (Å²) in [6, 6.07) is 6.03.